The zero-order valence-corrected chi connectivity index (χ0v) is 19.6. The van der Waals surface area contributed by atoms with Crippen LogP contribution in [0.25, 0.3) is 0 Å². The third kappa shape index (κ3) is 6.23. The summed E-state index contributed by atoms with van der Waals surface area (Å²) in [6.45, 7) is 2.51. The molecule has 2 aromatic carbocycles. The van der Waals surface area contributed by atoms with Crippen LogP contribution in [0.1, 0.15) is 12.8 Å². The van der Waals surface area contributed by atoms with Crippen molar-refractivity contribution in [2.45, 2.75) is 23.8 Å². The van der Waals surface area contributed by atoms with Crippen LogP contribution in [0.2, 0.25) is 0 Å². The summed E-state index contributed by atoms with van der Waals surface area (Å²) in [5, 5.41) is 9.03. The molecule has 2 aromatic rings. The van der Waals surface area contributed by atoms with Gasteiger partial charge >= 0.3 is 0 Å². The first-order valence-electron chi connectivity index (χ1n) is 11.3. The van der Waals surface area contributed by atoms with E-state index < -0.39 is 15.8 Å². The topological polar surface area (TPSA) is 109 Å². The highest BCUT2D eigenvalue weighted by Crippen LogP contribution is 2.28. The van der Waals surface area contributed by atoms with Crippen molar-refractivity contribution in [1.29, 1.82) is 0 Å². The lowest BCUT2D eigenvalue weighted by Gasteiger charge is -2.26. The van der Waals surface area contributed by atoms with Gasteiger partial charge in [0.25, 0.3) is 0 Å². The summed E-state index contributed by atoms with van der Waals surface area (Å²) in [5.74, 6) is -0.741. The maximum Gasteiger partial charge on any atom is 0.243 e. The number of halogens is 1. The van der Waals surface area contributed by atoms with Crippen molar-refractivity contribution in [2.75, 3.05) is 62.0 Å². The van der Waals surface area contributed by atoms with Gasteiger partial charge in [-0.05, 0) is 55.3 Å². The van der Waals surface area contributed by atoms with Gasteiger partial charge in [-0.15, -0.1) is 0 Å². The fraction of sp³-hybridized carbons (Fsp3) is 0.435. The van der Waals surface area contributed by atoms with Gasteiger partial charge in [0.2, 0.25) is 15.9 Å². The lowest BCUT2D eigenvalue weighted by Crippen LogP contribution is -2.40. The number of nitrogens with one attached hydrogen (secondary N) is 3. The Kier molecular flexibility index (Phi) is 7.99. The van der Waals surface area contributed by atoms with Crippen LogP contribution in [0.3, 0.4) is 0 Å². The van der Waals surface area contributed by atoms with Crippen molar-refractivity contribution in [3.05, 3.63) is 48.3 Å². The number of amides is 1. The second kappa shape index (κ2) is 11.1. The van der Waals surface area contributed by atoms with Crippen LogP contribution in [0.15, 0.2) is 47.4 Å². The molecule has 3 N–H and O–H groups in total. The molecule has 0 aliphatic carbocycles. The molecule has 11 heteroatoms. The molecule has 4 rings (SSSR count). The number of sulfonamides is 1. The van der Waals surface area contributed by atoms with Crippen LogP contribution in [0, 0.1) is 5.82 Å². The normalized spacial score (nSPS) is 19.0. The van der Waals surface area contributed by atoms with Gasteiger partial charge < -0.3 is 25.4 Å². The van der Waals surface area contributed by atoms with Gasteiger partial charge in [-0.3, -0.25) is 4.79 Å². The number of benzene rings is 2. The van der Waals surface area contributed by atoms with E-state index >= 15 is 0 Å². The van der Waals surface area contributed by atoms with Crippen molar-refractivity contribution in [2.24, 2.45) is 0 Å². The second-order valence-electron chi connectivity index (χ2n) is 8.15. The van der Waals surface area contributed by atoms with Gasteiger partial charge in [0.05, 0.1) is 42.1 Å². The summed E-state index contributed by atoms with van der Waals surface area (Å²) in [4.78, 5) is 12.6. The van der Waals surface area contributed by atoms with Crippen LogP contribution < -0.4 is 16.0 Å². The number of morpholine rings is 1. The van der Waals surface area contributed by atoms with Crippen molar-refractivity contribution in [3.8, 4) is 0 Å². The molecule has 184 valence electrons. The van der Waals surface area contributed by atoms with Gasteiger partial charge in [0, 0.05) is 31.9 Å². The highest BCUT2D eigenvalue weighted by Gasteiger charge is 2.27. The van der Waals surface area contributed by atoms with Crippen LogP contribution in [0.5, 0.6) is 0 Å². The van der Waals surface area contributed by atoms with Crippen molar-refractivity contribution in [3.63, 3.8) is 0 Å². The number of rotatable bonds is 9. The highest BCUT2D eigenvalue weighted by molar-refractivity contribution is 7.89. The average Bonchev–Trinajstić information content (AvgIpc) is 3.37. The predicted molar refractivity (Wildman–Crippen MR) is 127 cm³/mol. The fourth-order valence-electron chi connectivity index (χ4n) is 3.86. The molecule has 0 unspecified atom stereocenters. The summed E-state index contributed by atoms with van der Waals surface area (Å²) >= 11 is 0. The molecule has 0 spiro atoms. The van der Waals surface area contributed by atoms with Crippen LogP contribution in [0.4, 0.5) is 21.5 Å². The van der Waals surface area contributed by atoms with E-state index in [9.17, 15) is 17.6 Å². The van der Waals surface area contributed by atoms with Crippen LogP contribution in [-0.2, 0) is 24.3 Å². The second-order valence-corrected chi connectivity index (χ2v) is 10.1. The summed E-state index contributed by atoms with van der Waals surface area (Å²) in [6.07, 6.45) is 2.06. The minimum absolute atomic E-state index is 0.0892. The number of ether oxygens (including phenoxy) is 2. The SMILES string of the molecule is O=C(CNc1cc(S(=O)(=O)N2CCOCC2)ccc1NC[C@H]1CCCO1)Nc1ccc(F)cc1. The molecule has 0 radical (unpaired) electrons. The lowest BCUT2D eigenvalue weighted by molar-refractivity contribution is -0.114. The minimum Gasteiger partial charge on any atom is -0.381 e. The molecule has 1 amide bonds. The molecule has 0 saturated carbocycles. The van der Waals surface area contributed by atoms with E-state index in [1.54, 1.807) is 12.1 Å². The molecular weight excluding hydrogens is 463 g/mol. The first-order chi connectivity index (χ1) is 16.4. The van der Waals surface area contributed by atoms with Crippen LogP contribution >= 0.6 is 0 Å². The lowest BCUT2D eigenvalue weighted by atomic mass is 10.2. The number of carbonyl (C=O) groups is 1. The zero-order valence-electron chi connectivity index (χ0n) is 18.8. The Morgan fingerprint density at radius 2 is 1.79 bits per heavy atom. The predicted octanol–water partition coefficient (Wildman–Crippen LogP) is 2.49. The fourth-order valence-corrected chi connectivity index (χ4v) is 5.30. The average molecular weight is 493 g/mol. The van der Waals surface area contributed by atoms with E-state index in [2.05, 4.69) is 16.0 Å². The standard InChI is InChI=1S/C23H29FN4O5S/c24-17-3-5-18(6-4-17)27-23(29)16-26-22-14-20(34(30,31)28-9-12-32-13-10-28)7-8-21(22)25-15-19-2-1-11-33-19/h3-8,14,19,25-26H,1-2,9-13,15-16H2,(H,27,29)/t19-/m1/s1. The maximum absolute atomic E-state index is 13.1. The summed E-state index contributed by atoms with van der Waals surface area (Å²) in [6, 6.07) is 10.3. The smallest absolute Gasteiger partial charge is 0.243 e. The Labute approximate surface area is 198 Å². The molecule has 1 atom stereocenters. The number of nitrogens with zero attached hydrogens (tertiary/aromatic N) is 1. The number of carbonyl (C=O) groups excluding carboxylic acids is 1. The Bertz CT molecular complexity index is 1090. The molecular formula is C23H29FN4O5S. The molecule has 2 fully saturated rings. The summed E-state index contributed by atoms with van der Waals surface area (Å²) < 4.78 is 51.6. The number of anilines is 3. The van der Waals surface area contributed by atoms with E-state index in [1.165, 1.54) is 34.6 Å². The summed E-state index contributed by atoms with van der Waals surface area (Å²) in [5.41, 5.74) is 1.63. The van der Waals surface area contributed by atoms with Gasteiger partial charge in [-0.2, -0.15) is 4.31 Å². The molecule has 2 aliphatic rings. The third-order valence-corrected chi connectivity index (χ3v) is 7.61. The molecule has 2 heterocycles. The highest BCUT2D eigenvalue weighted by atomic mass is 32.2. The molecule has 0 bridgehead atoms. The molecule has 9 nitrogen and oxygen atoms in total. The Balaban J connectivity index is 1.49. The Morgan fingerprint density at radius 1 is 1.03 bits per heavy atom. The van der Waals surface area contributed by atoms with Crippen LogP contribution in [-0.4, -0.2) is 70.7 Å². The van der Waals surface area contributed by atoms with E-state index in [-0.39, 0.29) is 23.5 Å². The van der Waals surface area contributed by atoms with Crippen molar-refractivity contribution in [1.82, 2.24) is 4.31 Å². The van der Waals surface area contributed by atoms with E-state index in [1.807, 2.05) is 0 Å². The third-order valence-electron chi connectivity index (χ3n) is 5.71. The Morgan fingerprint density at radius 3 is 2.50 bits per heavy atom. The first-order valence-corrected chi connectivity index (χ1v) is 12.7. The number of hydrogen-bond donors (Lipinski definition) is 3. The van der Waals surface area contributed by atoms with E-state index in [4.69, 9.17) is 9.47 Å². The van der Waals surface area contributed by atoms with Gasteiger partial charge in [-0.25, -0.2) is 12.8 Å². The maximum atomic E-state index is 13.1. The number of hydrogen-bond acceptors (Lipinski definition) is 7. The monoisotopic (exact) mass is 492 g/mol. The van der Waals surface area contributed by atoms with Gasteiger partial charge in [0.1, 0.15) is 5.82 Å². The van der Waals surface area contributed by atoms with Crippen molar-refractivity contribution < 1.29 is 27.1 Å². The molecule has 34 heavy (non-hydrogen) atoms. The largest absolute Gasteiger partial charge is 0.381 e. The first kappa shape index (κ1) is 24.4. The van der Waals surface area contributed by atoms with Gasteiger partial charge in [0.15, 0.2) is 0 Å². The quantitative estimate of drug-likeness (QED) is 0.494. The minimum atomic E-state index is -3.70. The van der Waals surface area contributed by atoms with E-state index in [0.717, 1.165) is 19.4 Å². The van der Waals surface area contributed by atoms with E-state index in [0.29, 0.717) is 49.9 Å². The Hall–Kier alpha value is -2.73. The summed E-state index contributed by atoms with van der Waals surface area (Å²) in [7, 11) is -3.70. The molecule has 2 saturated heterocycles. The van der Waals surface area contributed by atoms with Crippen molar-refractivity contribution >= 4 is 33.0 Å². The molecule has 0 aromatic heterocycles. The van der Waals surface area contributed by atoms with Gasteiger partial charge in [-0.1, -0.05) is 0 Å². The molecule has 2 aliphatic heterocycles. The zero-order chi connectivity index (χ0) is 24.0.